The van der Waals surface area contributed by atoms with Crippen molar-refractivity contribution in [2.75, 3.05) is 0 Å². The SMILES string of the molecule is CCc1ccc(COc2ccc(C(N)=S)c(F)c2)s1. The van der Waals surface area contributed by atoms with Crippen molar-refractivity contribution >= 4 is 28.5 Å². The quantitative estimate of drug-likeness (QED) is 0.855. The Morgan fingerprint density at radius 2 is 2.05 bits per heavy atom. The first-order valence-electron chi connectivity index (χ1n) is 5.90. The van der Waals surface area contributed by atoms with Gasteiger partial charge in [-0.05, 0) is 30.7 Å². The highest BCUT2D eigenvalue weighted by atomic mass is 32.1. The smallest absolute Gasteiger partial charge is 0.137 e. The van der Waals surface area contributed by atoms with Crippen LogP contribution in [-0.4, -0.2) is 4.99 Å². The van der Waals surface area contributed by atoms with Crippen molar-refractivity contribution in [1.29, 1.82) is 0 Å². The second-order valence-electron chi connectivity index (χ2n) is 4.02. The van der Waals surface area contributed by atoms with Crippen molar-refractivity contribution in [3.05, 3.63) is 51.5 Å². The van der Waals surface area contributed by atoms with Crippen molar-refractivity contribution in [3.8, 4) is 5.75 Å². The fourth-order valence-corrected chi connectivity index (χ4v) is 2.67. The first kappa shape index (κ1) is 14.0. The number of ether oxygens (including phenoxy) is 1. The summed E-state index contributed by atoms with van der Waals surface area (Å²) >= 11 is 6.45. The lowest BCUT2D eigenvalue weighted by molar-refractivity contribution is 0.308. The lowest BCUT2D eigenvalue weighted by Gasteiger charge is -2.06. The van der Waals surface area contributed by atoms with E-state index in [-0.39, 0.29) is 10.6 Å². The summed E-state index contributed by atoms with van der Waals surface area (Å²) in [6.07, 6.45) is 1.02. The Bertz CT molecular complexity index is 595. The Labute approximate surface area is 121 Å². The lowest BCUT2D eigenvalue weighted by atomic mass is 10.2. The molecule has 0 unspecified atom stereocenters. The number of halogens is 1. The summed E-state index contributed by atoms with van der Waals surface area (Å²) in [4.78, 5) is 2.49. The van der Waals surface area contributed by atoms with Gasteiger partial charge in [0, 0.05) is 21.4 Å². The van der Waals surface area contributed by atoms with Gasteiger partial charge in [-0.3, -0.25) is 0 Å². The third kappa shape index (κ3) is 3.52. The highest BCUT2D eigenvalue weighted by molar-refractivity contribution is 7.80. The molecule has 0 radical (unpaired) electrons. The average Bonchev–Trinajstić information content (AvgIpc) is 2.84. The number of hydrogen-bond acceptors (Lipinski definition) is 3. The summed E-state index contributed by atoms with van der Waals surface area (Å²) in [5.74, 6) is 0.0226. The first-order chi connectivity index (χ1) is 9.10. The topological polar surface area (TPSA) is 35.2 Å². The molecule has 0 fully saturated rings. The molecule has 0 aliphatic carbocycles. The molecular formula is C14H14FNOS2. The number of nitrogens with two attached hydrogens (primary N) is 1. The number of rotatable bonds is 5. The third-order valence-corrected chi connectivity index (χ3v) is 4.08. The van der Waals surface area contributed by atoms with E-state index in [0.717, 1.165) is 11.3 Å². The van der Waals surface area contributed by atoms with Crippen molar-refractivity contribution < 1.29 is 9.13 Å². The van der Waals surface area contributed by atoms with E-state index in [1.807, 2.05) is 6.07 Å². The number of thiocarbonyl (C=S) groups is 1. The van der Waals surface area contributed by atoms with Crippen LogP contribution in [0.3, 0.4) is 0 Å². The second-order valence-corrected chi connectivity index (χ2v) is 5.71. The van der Waals surface area contributed by atoms with Crippen LogP contribution >= 0.6 is 23.6 Å². The molecule has 0 bridgehead atoms. The van der Waals surface area contributed by atoms with Gasteiger partial charge in [-0.25, -0.2) is 4.39 Å². The van der Waals surface area contributed by atoms with E-state index in [1.165, 1.54) is 10.9 Å². The molecule has 0 amide bonds. The lowest BCUT2D eigenvalue weighted by Crippen LogP contribution is -2.11. The van der Waals surface area contributed by atoms with Crippen LogP contribution in [0, 0.1) is 5.82 Å². The van der Waals surface area contributed by atoms with Crippen molar-refractivity contribution in [2.24, 2.45) is 5.73 Å². The van der Waals surface area contributed by atoms with E-state index in [1.54, 1.807) is 23.5 Å². The summed E-state index contributed by atoms with van der Waals surface area (Å²) < 4.78 is 19.2. The van der Waals surface area contributed by atoms with Crippen LogP contribution in [-0.2, 0) is 13.0 Å². The predicted octanol–water partition coefficient (Wildman–Crippen LogP) is 3.66. The number of aryl methyl sites for hydroxylation is 1. The molecule has 5 heteroatoms. The maximum atomic E-state index is 13.6. The first-order valence-corrected chi connectivity index (χ1v) is 7.12. The Hall–Kier alpha value is -1.46. The van der Waals surface area contributed by atoms with Crippen LogP contribution in [0.25, 0.3) is 0 Å². The molecule has 1 heterocycles. The van der Waals surface area contributed by atoms with Crippen LogP contribution in [0.1, 0.15) is 22.2 Å². The second kappa shape index (κ2) is 6.12. The molecule has 2 N–H and O–H groups in total. The van der Waals surface area contributed by atoms with Gasteiger partial charge in [0.1, 0.15) is 23.2 Å². The van der Waals surface area contributed by atoms with E-state index in [9.17, 15) is 4.39 Å². The van der Waals surface area contributed by atoms with Gasteiger partial charge in [-0.1, -0.05) is 19.1 Å². The fourth-order valence-electron chi connectivity index (χ4n) is 1.63. The van der Waals surface area contributed by atoms with Crippen LogP contribution < -0.4 is 10.5 Å². The molecule has 0 spiro atoms. The maximum Gasteiger partial charge on any atom is 0.137 e. The fraction of sp³-hybridized carbons (Fsp3) is 0.214. The van der Waals surface area contributed by atoms with Gasteiger partial charge in [-0.2, -0.15) is 0 Å². The zero-order valence-corrected chi connectivity index (χ0v) is 12.1. The van der Waals surface area contributed by atoms with E-state index in [0.29, 0.717) is 12.4 Å². The van der Waals surface area contributed by atoms with Gasteiger partial charge < -0.3 is 10.5 Å². The van der Waals surface area contributed by atoms with Crippen LogP contribution in [0.5, 0.6) is 5.75 Å². The van der Waals surface area contributed by atoms with Crippen molar-refractivity contribution in [2.45, 2.75) is 20.0 Å². The normalized spacial score (nSPS) is 10.4. The molecule has 2 nitrogen and oxygen atoms in total. The predicted molar refractivity (Wildman–Crippen MR) is 80.3 cm³/mol. The Kier molecular flexibility index (Phi) is 4.50. The molecule has 100 valence electrons. The number of hydrogen-bond donors (Lipinski definition) is 1. The van der Waals surface area contributed by atoms with E-state index >= 15 is 0 Å². The van der Waals surface area contributed by atoms with Crippen molar-refractivity contribution in [1.82, 2.24) is 0 Å². The minimum atomic E-state index is -0.453. The maximum absolute atomic E-state index is 13.6. The molecule has 0 aliphatic rings. The molecule has 1 aromatic heterocycles. The van der Waals surface area contributed by atoms with Crippen molar-refractivity contribution in [3.63, 3.8) is 0 Å². The molecule has 2 aromatic rings. The van der Waals surface area contributed by atoms with Gasteiger partial charge in [0.15, 0.2) is 0 Å². The monoisotopic (exact) mass is 295 g/mol. The zero-order valence-electron chi connectivity index (χ0n) is 10.5. The van der Waals surface area contributed by atoms with Gasteiger partial charge >= 0.3 is 0 Å². The third-order valence-electron chi connectivity index (χ3n) is 2.65. The Morgan fingerprint density at radius 1 is 1.32 bits per heavy atom. The van der Waals surface area contributed by atoms with Gasteiger partial charge in [0.05, 0.1) is 0 Å². The van der Waals surface area contributed by atoms with Gasteiger partial charge in [-0.15, -0.1) is 11.3 Å². The zero-order chi connectivity index (χ0) is 13.8. The standard InChI is InChI=1S/C14H14FNOS2/c1-2-10-4-5-11(19-10)8-17-9-3-6-12(14(16)18)13(15)7-9/h3-7H,2,8H2,1H3,(H2,16,18). The highest BCUT2D eigenvalue weighted by Gasteiger charge is 2.07. The van der Waals surface area contributed by atoms with E-state index in [4.69, 9.17) is 22.7 Å². The minimum absolute atomic E-state index is 0.0508. The molecule has 0 aliphatic heterocycles. The van der Waals surface area contributed by atoms with Crippen LogP contribution in [0.15, 0.2) is 30.3 Å². The van der Waals surface area contributed by atoms with E-state index < -0.39 is 5.82 Å². The van der Waals surface area contributed by atoms with Gasteiger partial charge in [0.2, 0.25) is 0 Å². The molecule has 2 rings (SSSR count). The summed E-state index contributed by atoms with van der Waals surface area (Å²) in [6, 6.07) is 8.64. The molecule has 0 saturated carbocycles. The summed E-state index contributed by atoms with van der Waals surface area (Å²) in [5.41, 5.74) is 5.64. The Balaban J connectivity index is 2.03. The summed E-state index contributed by atoms with van der Waals surface area (Å²) in [6.45, 7) is 2.55. The van der Waals surface area contributed by atoms with E-state index in [2.05, 4.69) is 13.0 Å². The summed E-state index contributed by atoms with van der Waals surface area (Å²) in [5, 5.41) is 0. The molecule has 0 atom stereocenters. The number of benzene rings is 1. The van der Waals surface area contributed by atoms with Crippen LogP contribution in [0.4, 0.5) is 4.39 Å². The number of thiophene rings is 1. The van der Waals surface area contributed by atoms with Gasteiger partial charge in [0.25, 0.3) is 0 Å². The largest absolute Gasteiger partial charge is 0.488 e. The molecule has 1 aromatic carbocycles. The minimum Gasteiger partial charge on any atom is -0.488 e. The summed E-state index contributed by atoms with van der Waals surface area (Å²) in [7, 11) is 0. The average molecular weight is 295 g/mol. The molecule has 0 saturated heterocycles. The molecular weight excluding hydrogens is 281 g/mol. The molecule has 19 heavy (non-hydrogen) atoms. The van der Waals surface area contributed by atoms with Crippen LogP contribution in [0.2, 0.25) is 0 Å². The highest BCUT2D eigenvalue weighted by Crippen LogP contribution is 2.21. The Morgan fingerprint density at radius 3 is 2.63 bits per heavy atom.